The smallest absolute Gasteiger partial charge is 0.243 e. The van der Waals surface area contributed by atoms with Gasteiger partial charge in [0, 0.05) is 19.6 Å². The van der Waals surface area contributed by atoms with E-state index < -0.39 is 35.8 Å². The third kappa shape index (κ3) is 16.9. The van der Waals surface area contributed by atoms with E-state index in [9.17, 15) is 19.2 Å². The number of benzene rings is 2. The Morgan fingerprint density at radius 2 is 1.18 bits per heavy atom. The summed E-state index contributed by atoms with van der Waals surface area (Å²) in [6.07, 6.45) is 1.24. The van der Waals surface area contributed by atoms with Crippen LogP contribution in [0.25, 0.3) is 0 Å². The molecule has 0 saturated carbocycles. The molecule has 0 bridgehead atoms. The van der Waals surface area contributed by atoms with Crippen molar-refractivity contribution in [3.8, 4) is 0 Å². The van der Waals surface area contributed by atoms with E-state index in [-0.39, 0.29) is 75.1 Å². The summed E-state index contributed by atoms with van der Waals surface area (Å²) in [5, 5.41) is 11.2. The lowest BCUT2D eigenvalue weighted by molar-refractivity contribution is -0.134. The normalized spacial score (nSPS) is 12.4. The van der Waals surface area contributed by atoms with Crippen LogP contribution in [-0.4, -0.2) is 72.7 Å². The van der Waals surface area contributed by atoms with E-state index in [1.807, 2.05) is 54.6 Å². The first-order valence-electron chi connectivity index (χ1n) is 16.7. The molecular weight excluding hydrogens is 654 g/mol. The summed E-state index contributed by atoms with van der Waals surface area (Å²) in [7, 11) is 0. The molecule has 0 unspecified atom stereocenters. The molecule has 0 spiro atoms. The van der Waals surface area contributed by atoms with Crippen molar-refractivity contribution in [1.29, 1.82) is 0 Å². The van der Waals surface area contributed by atoms with Gasteiger partial charge >= 0.3 is 0 Å². The second kappa shape index (κ2) is 22.0. The molecule has 4 amide bonds. The Hall–Kier alpha value is -5.87. The number of hydrogen-bond donors (Lipinski definition) is 10. The van der Waals surface area contributed by atoms with E-state index in [4.69, 9.17) is 34.4 Å². The predicted octanol–water partition coefficient (Wildman–Crippen LogP) is -1.46. The molecule has 0 heterocycles. The number of nitrogens with one attached hydrogen (secondary N) is 4. The van der Waals surface area contributed by atoms with Gasteiger partial charge in [-0.1, -0.05) is 68.4 Å². The maximum atomic E-state index is 13.7. The summed E-state index contributed by atoms with van der Waals surface area (Å²) < 4.78 is 0. The zero-order chi connectivity index (χ0) is 37.8. The number of carbonyl (C=O) groups is 4. The highest BCUT2D eigenvalue weighted by Gasteiger charge is 2.31. The predicted molar refractivity (Wildman–Crippen MR) is 198 cm³/mol. The molecular formula is C34H53N13O4. The number of nitrogens with two attached hydrogens (primary N) is 6. The molecule has 3 atom stereocenters. The molecule has 0 aliphatic carbocycles. The van der Waals surface area contributed by atoms with Gasteiger partial charge in [-0.25, -0.2) is 4.99 Å². The van der Waals surface area contributed by atoms with E-state index in [1.165, 1.54) is 0 Å². The zero-order valence-electron chi connectivity index (χ0n) is 29.3. The topological polar surface area (TPSA) is 310 Å². The van der Waals surface area contributed by atoms with E-state index in [1.54, 1.807) is 13.8 Å². The lowest BCUT2D eigenvalue weighted by Gasteiger charge is -2.27. The Bertz CT molecular complexity index is 1520. The van der Waals surface area contributed by atoms with Gasteiger partial charge in [0.15, 0.2) is 17.9 Å². The van der Waals surface area contributed by atoms with Crippen LogP contribution in [0.4, 0.5) is 0 Å². The number of guanidine groups is 3. The molecule has 17 heteroatoms. The second-order valence-electron chi connectivity index (χ2n) is 12.3. The third-order valence-electron chi connectivity index (χ3n) is 7.53. The molecule has 16 N–H and O–H groups in total. The lowest BCUT2D eigenvalue weighted by Crippen LogP contribution is -2.58. The molecule has 0 radical (unpaired) electrons. The molecule has 2 aromatic rings. The zero-order valence-corrected chi connectivity index (χ0v) is 29.3. The van der Waals surface area contributed by atoms with E-state index in [0.29, 0.717) is 12.8 Å². The molecule has 0 aliphatic rings. The summed E-state index contributed by atoms with van der Waals surface area (Å²) in [5.41, 5.74) is 35.1. The van der Waals surface area contributed by atoms with Gasteiger partial charge in [0.05, 0.1) is 13.0 Å². The van der Waals surface area contributed by atoms with Crippen LogP contribution in [0.3, 0.4) is 0 Å². The second-order valence-corrected chi connectivity index (χ2v) is 12.3. The average molecular weight is 708 g/mol. The number of nitrogens with zero attached hydrogens (tertiary/aromatic N) is 3. The van der Waals surface area contributed by atoms with Crippen molar-refractivity contribution in [1.82, 2.24) is 21.3 Å². The van der Waals surface area contributed by atoms with Gasteiger partial charge in [0.1, 0.15) is 18.1 Å². The van der Waals surface area contributed by atoms with Crippen LogP contribution in [0, 0.1) is 5.92 Å². The van der Waals surface area contributed by atoms with Crippen LogP contribution < -0.4 is 55.7 Å². The number of carbonyl (C=O) groups excluding carboxylic acids is 4. The van der Waals surface area contributed by atoms with Crippen LogP contribution in [0.1, 0.15) is 56.2 Å². The Morgan fingerprint density at radius 3 is 1.75 bits per heavy atom. The van der Waals surface area contributed by atoms with Gasteiger partial charge in [-0.15, -0.1) is 0 Å². The molecule has 2 rings (SSSR count). The highest BCUT2D eigenvalue weighted by molar-refractivity contribution is 5.94. The fraction of sp³-hybridized carbons (Fsp3) is 0.441. The molecule has 0 aromatic heterocycles. The minimum atomic E-state index is -1.04. The number of rotatable bonds is 21. The van der Waals surface area contributed by atoms with Gasteiger partial charge in [0.2, 0.25) is 23.6 Å². The van der Waals surface area contributed by atoms with Gasteiger partial charge in [0.25, 0.3) is 0 Å². The first kappa shape index (κ1) is 41.3. The van der Waals surface area contributed by atoms with Gasteiger partial charge in [-0.05, 0) is 48.3 Å². The van der Waals surface area contributed by atoms with Crippen molar-refractivity contribution in [2.75, 3.05) is 13.1 Å². The molecule has 51 heavy (non-hydrogen) atoms. The number of hydrogen-bond acceptors (Lipinski definition) is 7. The number of aliphatic imine (C=N–C) groups is 3. The summed E-state index contributed by atoms with van der Waals surface area (Å²) in [6.45, 7) is 4.45. The van der Waals surface area contributed by atoms with Crippen molar-refractivity contribution in [3.05, 3.63) is 71.3 Å². The van der Waals surface area contributed by atoms with Gasteiger partial charge in [-0.2, -0.15) is 0 Å². The molecule has 278 valence electrons. The Labute approximate surface area is 298 Å². The van der Waals surface area contributed by atoms with Crippen LogP contribution in [0.5, 0.6) is 0 Å². The van der Waals surface area contributed by atoms with Crippen LogP contribution in [-0.2, 0) is 38.7 Å². The Balaban J connectivity index is 2.18. The first-order valence-corrected chi connectivity index (χ1v) is 16.7. The largest absolute Gasteiger partial charge is 0.370 e. The molecule has 0 saturated heterocycles. The van der Waals surface area contributed by atoms with Crippen LogP contribution in [0.15, 0.2) is 69.6 Å². The molecule has 2 aromatic carbocycles. The minimum Gasteiger partial charge on any atom is -0.370 e. The summed E-state index contributed by atoms with van der Waals surface area (Å²) in [5.74, 6) is -2.54. The van der Waals surface area contributed by atoms with E-state index >= 15 is 0 Å². The quantitative estimate of drug-likeness (QED) is 0.0408. The first-order chi connectivity index (χ1) is 24.2. The lowest BCUT2D eigenvalue weighted by atomic mass is 10.0. The Kier molecular flexibility index (Phi) is 17.8. The van der Waals surface area contributed by atoms with Crippen molar-refractivity contribution >= 4 is 41.5 Å². The number of amides is 4. The standard InChI is InChI=1S/C34H53N13O4/c1-21(2)28(47-30(50)26(14-8-16-42-33(37)38)45-27(48)18-22-9-4-3-5-10-22)31(51)46-25(13-7-15-41-32(35)36)29(49)43-19-23-11-6-12-24(17-23)20-44-34(39)40/h3-6,9-12,17,21,25-26,28H,7-8,13-16,18-20H2,1-2H3,(H,43,49)(H,45,48)(H,46,51)(H,47,50)(H4,35,36,41)(H4,37,38,42)(H4,39,40,44)/t25-,26-,28-/m0/s1. The highest BCUT2D eigenvalue weighted by atomic mass is 16.2. The van der Waals surface area contributed by atoms with E-state index in [2.05, 4.69) is 36.2 Å². The molecule has 17 nitrogen and oxygen atoms in total. The summed E-state index contributed by atoms with van der Waals surface area (Å²) >= 11 is 0. The maximum absolute atomic E-state index is 13.7. The summed E-state index contributed by atoms with van der Waals surface area (Å²) in [6, 6.07) is 13.5. The van der Waals surface area contributed by atoms with Crippen molar-refractivity contribution in [2.24, 2.45) is 55.3 Å². The minimum absolute atomic E-state index is 0.0323. The summed E-state index contributed by atoms with van der Waals surface area (Å²) in [4.78, 5) is 65.6. The van der Waals surface area contributed by atoms with Gasteiger partial charge < -0.3 is 55.7 Å². The SMILES string of the molecule is CC(C)[C@H](NC(=O)[C@H](CCCN=C(N)N)NC(=O)Cc1ccccc1)C(=O)N[C@@H](CCCN=C(N)N)C(=O)NCc1cccc(CN=C(N)N)c1. The van der Waals surface area contributed by atoms with E-state index in [0.717, 1.165) is 16.7 Å². The fourth-order valence-electron chi connectivity index (χ4n) is 4.95. The average Bonchev–Trinajstić information content (AvgIpc) is 3.07. The Morgan fingerprint density at radius 1 is 0.627 bits per heavy atom. The molecule has 0 aliphatic heterocycles. The van der Waals surface area contributed by atoms with Crippen molar-refractivity contribution in [3.63, 3.8) is 0 Å². The van der Waals surface area contributed by atoms with Crippen LogP contribution >= 0.6 is 0 Å². The highest BCUT2D eigenvalue weighted by Crippen LogP contribution is 2.10. The third-order valence-corrected chi connectivity index (χ3v) is 7.53. The van der Waals surface area contributed by atoms with Crippen molar-refractivity contribution < 1.29 is 19.2 Å². The fourth-order valence-corrected chi connectivity index (χ4v) is 4.95. The van der Waals surface area contributed by atoms with Crippen molar-refractivity contribution in [2.45, 2.75) is 77.2 Å². The molecule has 0 fully saturated rings. The monoisotopic (exact) mass is 707 g/mol. The van der Waals surface area contributed by atoms with Crippen LogP contribution in [0.2, 0.25) is 0 Å². The maximum Gasteiger partial charge on any atom is 0.243 e. The van der Waals surface area contributed by atoms with Gasteiger partial charge in [-0.3, -0.25) is 29.2 Å².